The molecule has 2 aliphatic rings. The number of hydrogen-bond acceptors (Lipinski definition) is 3. The Hall–Kier alpha value is -1.22. The Morgan fingerprint density at radius 1 is 1.11 bits per heavy atom. The highest BCUT2D eigenvalue weighted by Crippen LogP contribution is 2.49. The molecule has 1 aliphatic carbocycles. The van der Waals surface area contributed by atoms with Crippen LogP contribution in [0.1, 0.15) is 24.0 Å². The smallest absolute Gasteiger partial charge is 0.122 e. The monoisotopic (exact) mass is 261 g/mol. The maximum absolute atomic E-state index is 5.62. The summed E-state index contributed by atoms with van der Waals surface area (Å²) in [5.74, 6) is 4.11. The van der Waals surface area contributed by atoms with E-state index in [1.165, 1.54) is 17.7 Å². The predicted molar refractivity (Wildman–Crippen MR) is 76.1 cm³/mol. The Balaban J connectivity index is 2.14. The maximum Gasteiger partial charge on any atom is 0.122 e. The summed E-state index contributed by atoms with van der Waals surface area (Å²) < 4.78 is 11.2. The highest BCUT2D eigenvalue weighted by atomic mass is 16.5. The number of rotatable bonds is 2. The van der Waals surface area contributed by atoms with Crippen molar-refractivity contribution in [3.8, 4) is 11.5 Å². The van der Waals surface area contributed by atoms with Crippen LogP contribution in [0.3, 0.4) is 0 Å². The van der Waals surface area contributed by atoms with E-state index in [2.05, 4.69) is 24.9 Å². The molecule has 0 radical (unpaired) electrons. The van der Waals surface area contributed by atoms with Gasteiger partial charge in [-0.25, -0.2) is 0 Å². The van der Waals surface area contributed by atoms with Gasteiger partial charge in [-0.15, -0.1) is 0 Å². The summed E-state index contributed by atoms with van der Waals surface area (Å²) in [6.45, 7) is 4.70. The molecule has 3 atom stereocenters. The van der Waals surface area contributed by atoms with E-state index in [0.29, 0.717) is 11.8 Å². The molecule has 1 aromatic rings. The largest absolute Gasteiger partial charge is 0.496 e. The van der Waals surface area contributed by atoms with Gasteiger partial charge in [0.1, 0.15) is 11.5 Å². The normalized spacial score (nSPS) is 29.8. The third kappa shape index (κ3) is 1.91. The second-order valence-electron chi connectivity index (χ2n) is 6.04. The Labute approximate surface area is 115 Å². The van der Waals surface area contributed by atoms with Gasteiger partial charge in [0.05, 0.1) is 14.2 Å². The predicted octanol–water partition coefficient (Wildman–Crippen LogP) is 2.54. The number of likely N-dealkylation sites (N-methyl/N-ethyl adjacent to an activating group) is 1. The highest BCUT2D eigenvalue weighted by molar-refractivity contribution is 5.53. The molecule has 3 rings (SSSR count). The van der Waals surface area contributed by atoms with Crippen LogP contribution in [-0.4, -0.2) is 39.3 Å². The van der Waals surface area contributed by atoms with E-state index in [1.54, 1.807) is 14.2 Å². The van der Waals surface area contributed by atoms with Crippen molar-refractivity contribution in [1.29, 1.82) is 0 Å². The third-order valence-corrected chi connectivity index (χ3v) is 4.89. The zero-order valence-corrected chi connectivity index (χ0v) is 12.3. The van der Waals surface area contributed by atoms with Crippen molar-refractivity contribution in [2.45, 2.75) is 19.3 Å². The summed E-state index contributed by atoms with van der Waals surface area (Å²) in [5, 5.41) is 0. The molecule has 0 N–H and O–H groups in total. The van der Waals surface area contributed by atoms with Gasteiger partial charge in [0.15, 0.2) is 0 Å². The van der Waals surface area contributed by atoms with Crippen LogP contribution in [0.25, 0.3) is 0 Å². The van der Waals surface area contributed by atoms with Gasteiger partial charge in [-0.05, 0) is 37.4 Å². The Morgan fingerprint density at radius 3 is 2.47 bits per heavy atom. The van der Waals surface area contributed by atoms with Gasteiger partial charge in [-0.2, -0.15) is 0 Å². The zero-order valence-electron chi connectivity index (χ0n) is 12.3. The highest BCUT2D eigenvalue weighted by Gasteiger charge is 2.42. The van der Waals surface area contributed by atoms with Crippen LogP contribution in [0.2, 0.25) is 0 Å². The van der Waals surface area contributed by atoms with E-state index in [9.17, 15) is 0 Å². The first kappa shape index (κ1) is 12.8. The molecule has 0 bridgehead atoms. The summed E-state index contributed by atoms with van der Waals surface area (Å²) >= 11 is 0. The Kier molecular flexibility index (Phi) is 3.17. The number of benzene rings is 1. The van der Waals surface area contributed by atoms with Gasteiger partial charge in [0, 0.05) is 30.1 Å². The van der Waals surface area contributed by atoms with E-state index in [1.807, 2.05) is 6.07 Å². The molecule has 1 heterocycles. The number of hydrogen-bond donors (Lipinski definition) is 0. The first-order chi connectivity index (χ1) is 9.15. The van der Waals surface area contributed by atoms with Crippen molar-refractivity contribution in [2.75, 3.05) is 34.4 Å². The van der Waals surface area contributed by atoms with Crippen LogP contribution >= 0.6 is 0 Å². The van der Waals surface area contributed by atoms with Crippen molar-refractivity contribution < 1.29 is 9.47 Å². The van der Waals surface area contributed by atoms with Crippen molar-refractivity contribution in [1.82, 2.24) is 4.90 Å². The molecule has 3 nitrogen and oxygen atoms in total. The van der Waals surface area contributed by atoms with Gasteiger partial charge >= 0.3 is 0 Å². The molecule has 1 aromatic carbocycles. The molecule has 1 unspecified atom stereocenters. The molecule has 0 saturated carbocycles. The van der Waals surface area contributed by atoms with Gasteiger partial charge in [-0.1, -0.05) is 6.92 Å². The molecule has 1 fully saturated rings. The van der Waals surface area contributed by atoms with E-state index in [0.717, 1.165) is 30.4 Å². The Morgan fingerprint density at radius 2 is 1.79 bits per heavy atom. The minimum atomic E-state index is 0.591. The molecular weight excluding hydrogens is 238 g/mol. The van der Waals surface area contributed by atoms with Crippen LogP contribution in [-0.2, 0) is 6.42 Å². The van der Waals surface area contributed by atoms with Gasteiger partial charge in [0.25, 0.3) is 0 Å². The molecule has 0 aromatic heterocycles. The quantitative estimate of drug-likeness (QED) is 0.816. The molecular formula is C16H23NO2. The molecule has 0 spiro atoms. The molecule has 19 heavy (non-hydrogen) atoms. The average molecular weight is 261 g/mol. The molecule has 3 heteroatoms. The molecule has 0 amide bonds. The fraction of sp³-hybridized carbons (Fsp3) is 0.625. The maximum atomic E-state index is 5.62. The standard InChI is InChI=1S/C16H23NO2/c1-10-7-11-14(18-3)5-6-15(19-4)16(11)13-9-17(2)8-12(10)13/h5-6,10,12-13H,7-9H2,1-4H3/t10?,12-,13-/m1/s1. The molecule has 1 saturated heterocycles. The SMILES string of the molecule is COc1ccc(OC)c2c1CC(C)[C@H]1CN(C)C[C@@H]21. The van der Waals surface area contributed by atoms with Crippen LogP contribution < -0.4 is 9.47 Å². The summed E-state index contributed by atoms with van der Waals surface area (Å²) in [7, 11) is 5.75. The second-order valence-corrected chi connectivity index (χ2v) is 6.04. The first-order valence-electron chi connectivity index (χ1n) is 7.08. The average Bonchev–Trinajstić information content (AvgIpc) is 2.80. The topological polar surface area (TPSA) is 21.7 Å². The van der Waals surface area contributed by atoms with Gasteiger partial charge < -0.3 is 14.4 Å². The van der Waals surface area contributed by atoms with E-state index in [4.69, 9.17) is 9.47 Å². The first-order valence-corrected chi connectivity index (χ1v) is 7.08. The zero-order chi connectivity index (χ0) is 13.6. The number of likely N-dealkylation sites (tertiary alicyclic amines) is 1. The van der Waals surface area contributed by atoms with E-state index >= 15 is 0 Å². The lowest BCUT2D eigenvalue weighted by atomic mass is 9.71. The lowest BCUT2D eigenvalue weighted by molar-refractivity contribution is 0.297. The number of methoxy groups -OCH3 is 2. The summed E-state index contributed by atoms with van der Waals surface area (Å²) in [5.41, 5.74) is 2.76. The summed E-state index contributed by atoms with van der Waals surface area (Å²) in [6.07, 6.45) is 1.10. The Bertz CT molecular complexity index is 486. The summed E-state index contributed by atoms with van der Waals surface area (Å²) in [4.78, 5) is 2.44. The minimum Gasteiger partial charge on any atom is -0.496 e. The molecule has 1 aliphatic heterocycles. The number of nitrogens with zero attached hydrogens (tertiary/aromatic N) is 1. The van der Waals surface area contributed by atoms with Crippen LogP contribution in [0, 0.1) is 11.8 Å². The molecule has 104 valence electrons. The fourth-order valence-electron chi connectivity index (χ4n) is 4.00. The van der Waals surface area contributed by atoms with E-state index < -0.39 is 0 Å². The fourth-order valence-corrected chi connectivity index (χ4v) is 4.00. The number of ether oxygens (including phenoxy) is 2. The van der Waals surface area contributed by atoms with Crippen LogP contribution in [0.15, 0.2) is 12.1 Å². The van der Waals surface area contributed by atoms with Crippen molar-refractivity contribution >= 4 is 0 Å². The summed E-state index contributed by atoms with van der Waals surface area (Å²) in [6, 6.07) is 4.10. The van der Waals surface area contributed by atoms with Crippen LogP contribution in [0.4, 0.5) is 0 Å². The second kappa shape index (κ2) is 4.71. The van der Waals surface area contributed by atoms with Crippen molar-refractivity contribution in [2.24, 2.45) is 11.8 Å². The minimum absolute atomic E-state index is 0.591. The van der Waals surface area contributed by atoms with Crippen LogP contribution in [0.5, 0.6) is 11.5 Å². The van der Waals surface area contributed by atoms with Crippen molar-refractivity contribution in [3.63, 3.8) is 0 Å². The van der Waals surface area contributed by atoms with E-state index in [-0.39, 0.29) is 0 Å². The number of fused-ring (bicyclic) bond motifs is 3. The lowest BCUT2D eigenvalue weighted by Crippen LogP contribution is -2.28. The van der Waals surface area contributed by atoms with Gasteiger partial charge in [-0.3, -0.25) is 0 Å². The third-order valence-electron chi connectivity index (χ3n) is 4.89. The van der Waals surface area contributed by atoms with Crippen molar-refractivity contribution in [3.05, 3.63) is 23.3 Å². The lowest BCUT2D eigenvalue weighted by Gasteiger charge is -2.34. The van der Waals surface area contributed by atoms with Gasteiger partial charge in [0.2, 0.25) is 0 Å².